The van der Waals surface area contributed by atoms with Gasteiger partial charge in [0, 0.05) is 5.02 Å². The lowest BCUT2D eigenvalue weighted by Crippen LogP contribution is -2.27. The average molecular weight is 348 g/mol. The molecule has 1 fully saturated rings. The molecule has 0 unspecified atom stereocenters. The van der Waals surface area contributed by atoms with E-state index in [0.717, 1.165) is 17.3 Å². The third-order valence-electron chi connectivity index (χ3n) is 3.30. The Morgan fingerprint density at radius 1 is 1.04 bits per heavy atom. The van der Waals surface area contributed by atoms with Crippen LogP contribution < -0.4 is 0 Å². The van der Waals surface area contributed by atoms with Crippen LogP contribution in [-0.2, 0) is 11.3 Å². The van der Waals surface area contributed by atoms with Gasteiger partial charge in [0.15, 0.2) is 0 Å². The third-order valence-corrected chi connectivity index (χ3v) is 4.45. The standard InChI is InChI=1S/C17H11ClFNO2S/c18-13-5-1-12(2-6-13)10-20-16(21)15(23-17(20)22)9-11-3-7-14(19)8-4-11/h1-9H,10H2/b15-9+. The first-order valence-electron chi connectivity index (χ1n) is 6.78. The second kappa shape index (κ2) is 6.56. The molecule has 2 amide bonds. The molecule has 3 rings (SSSR count). The molecule has 23 heavy (non-hydrogen) atoms. The van der Waals surface area contributed by atoms with Gasteiger partial charge in [-0.1, -0.05) is 35.9 Å². The number of halogens is 2. The molecule has 1 aliphatic heterocycles. The Hall–Kier alpha value is -2.11. The Labute approximate surface area is 141 Å². The fraction of sp³-hybridized carbons (Fsp3) is 0.0588. The first-order valence-corrected chi connectivity index (χ1v) is 7.98. The zero-order valence-electron chi connectivity index (χ0n) is 11.8. The highest BCUT2D eigenvalue weighted by Gasteiger charge is 2.34. The van der Waals surface area contributed by atoms with Crippen molar-refractivity contribution in [3.8, 4) is 0 Å². The molecule has 1 heterocycles. The molecule has 1 saturated heterocycles. The van der Waals surface area contributed by atoms with Crippen LogP contribution in [0.1, 0.15) is 11.1 Å². The second-order valence-electron chi connectivity index (χ2n) is 4.95. The maximum atomic E-state index is 12.9. The minimum atomic E-state index is -0.349. The van der Waals surface area contributed by atoms with E-state index in [4.69, 9.17) is 11.6 Å². The Morgan fingerprint density at radius 3 is 2.35 bits per heavy atom. The molecule has 0 spiro atoms. The molecule has 2 aromatic rings. The van der Waals surface area contributed by atoms with Gasteiger partial charge in [-0.15, -0.1) is 0 Å². The SMILES string of the molecule is O=C1S/C(=C/c2ccc(F)cc2)C(=O)N1Cc1ccc(Cl)cc1. The highest BCUT2D eigenvalue weighted by Crippen LogP contribution is 2.33. The van der Waals surface area contributed by atoms with Crippen molar-refractivity contribution in [1.29, 1.82) is 0 Å². The van der Waals surface area contributed by atoms with E-state index in [1.165, 1.54) is 17.0 Å². The monoisotopic (exact) mass is 347 g/mol. The summed E-state index contributed by atoms with van der Waals surface area (Å²) < 4.78 is 12.9. The number of carbonyl (C=O) groups excluding carboxylic acids is 2. The number of benzene rings is 2. The van der Waals surface area contributed by atoms with Gasteiger partial charge in [-0.25, -0.2) is 4.39 Å². The fourth-order valence-corrected chi connectivity index (χ4v) is 3.08. The lowest BCUT2D eigenvalue weighted by Gasteiger charge is -2.12. The van der Waals surface area contributed by atoms with Gasteiger partial charge in [0.25, 0.3) is 11.1 Å². The van der Waals surface area contributed by atoms with Gasteiger partial charge in [-0.05, 0) is 53.2 Å². The Bertz CT molecular complexity index is 787. The van der Waals surface area contributed by atoms with E-state index in [0.29, 0.717) is 15.5 Å². The van der Waals surface area contributed by atoms with E-state index < -0.39 is 0 Å². The fourth-order valence-electron chi connectivity index (χ4n) is 2.12. The van der Waals surface area contributed by atoms with Crippen LogP contribution in [-0.4, -0.2) is 16.0 Å². The number of imide groups is 1. The van der Waals surface area contributed by atoms with Gasteiger partial charge in [0.1, 0.15) is 5.82 Å². The molecule has 0 N–H and O–H groups in total. The normalized spacial score (nSPS) is 16.4. The summed E-state index contributed by atoms with van der Waals surface area (Å²) in [6, 6.07) is 12.7. The highest BCUT2D eigenvalue weighted by molar-refractivity contribution is 8.18. The van der Waals surface area contributed by atoms with E-state index in [2.05, 4.69) is 0 Å². The number of hydrogen-bond donors (Lipinski definition) is 0. The van der Waals surface area contributed by atoms with Crippen LogP contribution in [0, 0.1) is 5.82 Å². The summed E-state index contributed by atoms with van der Waals surface area (Å²) >= 11 is 6.70. The summed E-state index contributed by atoms with van der Waals surface area (Å²) in [5, 5.41) is 0.275. The van der Waals surface area contributed by atoms with Gasteiger partial charge in [0.2, 0.25) is 0 Å². The average Bonchev–Trinajstić information content (AvgIpc) is 2.79. The molecular formula is C17H11ClFNO2S. The molecule has 2 aromatic carbocycles. The summed E-state index contributed by atoms with van der Waals surface area (Å²) in [5.74, 6) is -0.697. The van der Waals surface area contributed by atoms with Crippen LogP contribution >= 0.6 is 23.4 Å². The van der Waals surface area contributed by atoms with Gasteiger partial charge in [-0.3, -0.25) is 14.5 Å². The first kappa shape index (κ1) is 15.8. The van der Waals surface area contributed by atoms with Crippen molar-refractivity contribution in [2.45, 2.75) is 6.54 Å². The van der Waals surface area contributed by atoms with Crippen LogP contribution in [0.5, 0.6) is 0 Å². The van der Waals surface area contributed by atoms with E-state index in [1.807, 2.05) is 0 Å². The summed E-state index contributed by atoms with van der Waals surface area (Å²) in [6.45, 7) is 0.197. The quantitative estimate of drug-likeness (QED) is 0.754. The number of nitrogens with zero attached hydrogens (tertiary/aromatic N) is 1. The Balaban J connectivity index is 1.79. The molecule has 0 atom stereocenters. The van der Waals surface area contributed by atoms with Crippen molar-refractivity contribution in [3.63, 3.8) is 0 Å². The molecular weight excluding hydrogens is 337 g/mol. The lowest BCUT2D eigenvalue weighted by atomic mass is 10.2. The van der Waals surface area contributed by atoms with Crippen LogP contribution in [0.4, 0.5) is 9.18 Å². The van der Waals surface area contributed by atoms with Crippen LogP contribution in [0.3, 0.4) is 0 Å². The molecule has 0 bridgehead atoms. The Kier molecular flexibility index (Phi) is 4.50. The molecule has 3 nitrogen and oxygen atoms in total. The summed E-state index contributed by atoms with van der Waals surface area (Å²) in [5.41, 5.74) is 1.49. The molecule has 1 aliphatic rings. The van der Waals surface area contributed by atoms with E-state index in [1.54, 1.807) is 42.5 Å². The van der Waals surface area contributed by atoms with Gasteiger partial charge < -0.3 is 0 Å². The zero-order valence-corrected chi connectivity index (χ0v) is 13.4. The van der Waals surface area contributed by atoms with Crippen LogP contribution in [0.2, 0.25) is 5.02 Å². The molecule has 0 aliphatic carbocycles. The molecule has 6 heteroatoms. The molecule has 116 valence electrons. The highest BCUT2D eigenvalue weighted by atomic mass is 35.5. The topological polar surface area (TPSA) is 37.4 Å². The van der Waals surface area contributed by atoms with E-state index in [-0.39, 0.29) is 23.5 Å². The van der Waals surface area contributed by atoms with Crippen molar-refractivity contribution >= 4 is 40.6 Å². The first-order chi connectivity index (χ1) is 11.0. The minimum Gasteiger partial charge on any atom is -0.268 e. The van der Waals surface area contributed by atoms with Gasteiger partial charge >= 0.3 is 0 Å². The zero-order chi connectivity index (χ0) is 16.4. The number of amides is 2. The van der Waals surface area contributed by atoms with Crippen molar-refractivity contribution < 1.29 is 14.0 Å². The van der Waals surface area contributed by atoms with Crippen molar-refractivity contribution in [3.05, 3.63) is 75.4 Å². The third kappa shape index (κ3) is 3.63. The molecule has 0 saturated carbocycles. The molecule has 0 radical (unpaired) electrons. The van der Waals surface area contributed by atoms with E-state index in [9.17, 15) is 14.0 Å². The Morgan fingerprint density at radius 2 is 1.70 bits per heavy atom. The minimum absolute atomic E-state index is 0.197. The largest absolute Gasteiger partial charge is 0.293 e. The smallest absolute Gasteiger partial charge is 0.268 e. The number of rotatable bonds is 3. The number of thioether (sulfide) groups is 1. The van der Waals surface area contributed by atoms with Crippen molar-refractivity contribution in [1.82, 2.24) is 4.90 Å². The number of hydrogen-bond acceptors (Lipinski definition) is 3. The lowest BCUT2D eigenvalue weighted by molar-refractivity contribution is -0.123. The number of carbonyl (C=O) groups is 2. The van der Waals surface area contributed by atoms with Crippen molar-refractivity contribution in [2.75, 3.05) is 0 Å². The summed E-state index contributed by atoms with van der Waals surface area (Å²) in [4.78, 5) is 25.9. The maximum Gasteiger partial charge on any atom is 0.293 e. The molecule has 0 aromatic heterocycles. The van der Waals surface area contributed by atoms with Gasteiger partial charge in [-0.2, -0.15) is 0 Å². The van der Waals surface area contributed by atoms with Crippen LogP contribution in [0.15, 0.2) is 53.4 Å². The predicted octanol–water partition coefficient (Wildman–Crippen LogP) is 4.72. The van der Waals surface area contributed by atoms with E-state index >= 15 is 0 Å². The maximum absolute atomic E-state index is 12.9. The summed E-state index contributed by atoms with van der Waals surface area (Å²) in [7, 11) is 0. The van der Waals surface area contributed by atoms with Gasteiger partial charge in [0.05, 0.1) is 11.4 Å². The van der Waals surface area contributed by atoms with Crippen LogP contribution in [0.25, 0.3) is 6.08 Å². The predicted molar refractivity (Wildman–Crippen MR) is 89.4 cm³/mol. The second-order valence-corrected chi connectivity index (χ2v) is 6.38. The van der Waals surface area contributed by atoms with Crippen molar-refractivity contribution in [2.24, 2.45) is 0 Å². The summed E-state index contributed by atoms with van der Waals surface area (Å²) in [6.07, 6.45) is 1.59.